The number of hydrogen-bond donors (Lipinski definition) is 5. The molecular formula is C44H54N2O9+2. The van der Waals surface area contributed by atoms with Crippen LogP contribution in [0.1, 0.15) is 99.0 Å². The number of ketones is 2. The molecule has 4 saturated carbocycles. The van der Waals surface area contributed by atoms with Gasteiger partial charge in [-0.25, -0.2) is 0 Å². The number of ether oxygens (including phenoxy) is 2. The van der Waals surface area contributed by atoms with Crippen LogP contribution in [0.4, 0.5) is 0 Å². The lowest BCUT2D eigenvalue weighted by molar-refractivity contribution is -1.01. The van der Waals surface area contributed by atoms with Gasteiger partial charge in [0.05, 0.1) is 51.8 Å². The second kappa shape index (κ2) is 10.3. The monoisotopic (exact) mass is 754 g/mol. The lowest BCUT2D eigenvalue weighted by Crippen LogP contribution is -2.84. The van der Waals surface area contributed by atoms with Gasteiger partial charge in [0.2, 0.25) is 0 Å². The van der Waals surface area contributed by atoms with Crippen molar-refractivity contribution in [1.29, 1.82) is 0 Å². The predicted molar refractivity (Wildman–Crippen MR) is 198 cm³/mol. The number of aliphatic hydroxyl groups excluding tert-OH is 1. The number of rotatable bonds is 5. The SMILES string of the molecule is C[N+]1(CC2CC2)CC23CCc4c(cc(-c5cc6c7c(c5O)OC5C(=O)CC[C@@]8(O)[C@@H](C6)[N+](C)(CC6CC6)CC[C@]758)c(O)c4OC4C[C@@](O)(CCC4=O)[C@@H]21)C3O. The fourth-order valence-corrected chi connectivity index (χ4v) is 15.1. The van der Waals surface area contributed by atoms with Gasteiger partial charge in [-0.05, 0) is 74.6 Å². The molecule has 8 bridgehead atoms. The van der Waals surface area contributed by atoms with Crippen molar-refractivity contribution in [2.24, 2.45) is 17.3 Å². The largest absolute Gasteiger partial charge is 0.504 e. The molecule has 0 aromatic heterocycles. The van der Waals surface area contributed by atoms with E-state index < -0.39 is 40.3 Å². The number of piperidine rings is 1. The van der Waals surface area contributed by atoms with Crippen molar-refractivity contribution in [3.05, 3.63) is 34.4 Å². The summed E-state index contributed by atoms with van der Waals surface area (Å²) in [5.41, 5.74) is -0.457. The molecule has 11 heteroatoms. The number of phenols is 2. The molecule has 11 atom stereocenters. The van der Waals surface area contributed by atoms with Crippen LogP contribution in [0.15, 0.2) is 12.1 Å². The van der Waals surface area contributed by atoms with Crippen molar-refractivity contribution in [3.8, 4) is 34.1 Å². The van der Waals surface area contributed by atoms with Gasteiger partial charge in [0.15, 0.2) is 46.8 Å². The van der Waals surface area contributed by atoms with E-state index in [0.717, 1.165) is 35.2 Å². The zero-order chi connectivity index (χ0) is 37.8. The summed E-state index contributed by atoms with van der Waals surface area (Å²) in [7, 11) is 4.47. The first kappa shape index (κ1) is 33.9. The molecule has 11 nitrogen and oxygen atoms in total. The number of nitrogens with zero attached hydrogens (tertiary/aromatic N) is 2. The lowest BCUT2D eigenvalue weighted by atomic mass is 9.48. The van der Waals surface area contributed by atoms with E-state index in [1.54, 1.807) is 6.07 Å². The molecule has 292 valence electrons. The molecule has 5 aliphatic heterocycles. The summed E-state index contributed by atoms with van der Waals surface area (Å²) in [6.45, 7) is 3.45. The van der Waals surface area contributed by atoms with E-state index in [2.05, 4.69) is 14.1 Å². The molecule has 11 aliphatic rings. The second-order valence-electron chi connectivity index (χ2n) is 20.6. The quantitative estimate of drug-likeness (QED) is 0.289. The third-order valence-corrected chi connectivity index (χ3v) is 17.4. The van der Waals surface area contributed by atoms with Crippen LogP contribution < -0.4 is 9.47 Å². The van der Waals surface area contributed by atoms with Gasteiger partial charge in [-0.2, -0.15) is 0 Å². The summed E-state index contributed by atoms with van der Waals surface area (Å²) < 4.78 is 14.6. The van der Waals surface area contributed by atoms with Crippen LogP contribution in [-0.2, 0) is 27.8 Å². The summed E-state index contributed by atoms with van der Waals surface area (Å²) in [5.74, 6) is 0.987. The van der Waals surface area contributed by atoms with Crippen LogP contribution in [0.25, 0.3) is 11.1 Å². The Hall–Kier alpha value is -3.22. The molecule has 5 N–H and O–H groups in total. The van der Waals surface area contributed by atoms with Gasteiger partial charge in [0, 0.05) is 66.2 Å². The zero-order valence-corrected chi connectivity index (χ0v) is 32.0. The highest BCUT2D eigenvalue weighted by Gasteiger charge is 2.77. The Morgan fingerprint density at radius 1 is 0.818 bits per heavy atom. The minimum atomic E-state index is -1.22. The lowest BCUT2D eigenvalue weighted by Gasteiger charge is -2.69. The molecule has 55 heavy (non-hydrogen) atoms. The number of carbonyl (C=O) groups excluding carboxylic acids is 2. The molecule has 2 saturated heterocycles. The highest BCUT2D eigenvalue weighted by Crippen LogP contribution is 2.69. The molecule has 2 aromatic rings. The maximum absolute atomic E-state index is 13.8. The van der Waals surface area contributed by atoms with Gasteiger partial charge in [-0.1, -0.05) is 0 Å². The first-order valence-electron chi connectivity index (χ1n) is 21.1. The summed E-state index contributed by atoms with van der Waals surface area (Å²) in [6.07, 6.45) is 5.38. The summed E-state index contributed by atoms with van der Waals surface area (Å²) in [4.78, 5) is 27.3. The van der Waals surface area contributed by atoms with E-state index in [-0.39, 0.29) is 71.5 Å². The average molecular weight is 755 g/mol. The van der Waals surface area contributed by atoms with Gasteiger partial charge >= 0.3 is 0 Å². The molecule has 6 unspecified atom stereocenters. The molecule has 0 amide bonds. The highest BCUT2D eigenvalue weighted by atomic mass is 16.5. The Kier molecular flexibility index (Phi) is 6.32. The number of fused-ring (bicyclic) bond motifs is 1. The average Bonchev–Trinajstić information content (AvgIpc) is 4.07. The standard InChI is InChI=1S/C44H52N2O9/c1-45(19-22-3-4-22)14-13-43-33-24-15-26(35(50)37(33)55-39(43)30(48)9-12-44(43,53)32(45)16-24)27-17-28-25-7-10-41(38(28)51)21-46(2,20-23-5-6-23)40(41)42(52)11-8-29(47)31(18-42)54-36(25)34(27)49/h15,17,22-23,31-32,38-40,51-53H,3-14,16,18-21H2,1-2H3/p+2/t31?,32-,38?,39?,40-,41?,42+,43+,44-,45?,46?/m1/s1. The predicted octanol–water partition coefficient (Wildman–Crippen LogP) is 3.49. The number of likely N-dealkylation sites (N-methyl/N-ethyl adjacent to an activating group) is 2. The van der Waals surface area contributed by atoms with Gasteiger partial charge < -0.3 is 44.0 Å². The first-order valence-corrected chi connectivity index (χ1v) is 21.1. The minimum absolute atomic E-state index is 0.0545. The van der Waals surface area contributed by atoms with Crippen molar-refractivity contribution in [1.82, 2.24) is 0 Å². The fraction of sp³-hybridized carbons (Fsp3) is 0.682. The minimum Gasteiger partial charge on any atom is -0.504 e. The smallest absolute Gasteiger partial charge is 0.174 e. The van der Waals surface area contributed by atoms with Crippen LogP contribution in [0.3, 0.4) is 0 Å². The molecule has 2 spiro atoms. The Morgan fingerprint density at radius 2 is 1.51 bits per heavy atom. The molecule has 6 fully saturated rings. The Bertz CT molecular complexity index is 2150. The van der Waals surface area contributed by atoms with Gasteiger partial charge in [0.1, 0.15) is 28.7 Å². The second-order valence-corrected chi connectivity index (χ2v) is 20.6. The molecule has 6 aliphatic carbocycles. The van der Waals surface area contributed by atoms with E-state index in [4.69, 9.17) is 9.47 Å². The van der Waals surface area contributed by atoms with E-state index in [9.17, 15) is 35.1 Å². The Morgan fingerprint density at radius 3 is 2.25 bits per heavy atom. The normalized spacial score (nSPS) is 45.6. The molecule has 0 radical (unpaired) electrons. The molecular weight excluding hydrogens is 700 g/mol. The number of aromatic hydroxyl groups is 2. The number of benzene rings is 2. The van der Waals surface area contributed by atoms with Gasteiger partial charge in [-0.15, -0.1) is 0 Å². The first-order chi connectivity index (χ1) is 26.1. The Labute approximate surface area is 321 Å². The van der Waals surface area contributed by atoms with E-state index in [1.807, 2.05) is 6.07 Å². The van der Waals surface area contributed by atoms with Crippen LogP contribution >= 0.6 is 0 Å². The zero-order valence-electron chi connectivity index (χ0n) is 32.0. The Balaban J connectivity index is 1.04. The molecule has 5 heterocycles. The van der Waals surface area contributed by atoms with Gasteiger partial charge in [-0.3, -0.25) is 9.59 Å². The van der Waals surface area contributed by atoms with Crippen LogP contribution in [-0.4, -0.2) is 122 Å². The number of Topliss-reactive ketones (excluding diaryl/α,β-unsaturated/α-hetero) is 2. The third kappa shape index (κ3) is 4.00. The summed E-state index contributed by atoms with van der Waals surface area (Å²) in [5, 5.41) is 62.8. The summed E-state index contributed by atoms with van der Waals surface area (Å²) >= 11 is 0. The number of quaternary nitrogens is 2. The van der Waals surface area contributed by atoms with Crippen molar-refractivity contribution < 1.29 is 53.6 Å². The molecule has 2 aromatic carbocycles. The van der Waals surface area contributed by atoms with Crippen LogP contribution in [0.2, 0.25) is 0 Å². The van der Waals surface area contributed by atoms with Crippen molar-refractivity contribution in [2.45, 2.75) is 130 Å². The number of phenolic OH excluding ortho intramolecular Hbond substituents is 2. The van der Waals surface area contributed by atoms with Crippen LogP contribution in [0.5, 0.6) is 23.0 Å². The molecule has 13 rings (SSSR count). The van der Waals surface area contributed by atoms with Gasteiger partial charge in [0.25, 0.3) is 0 Å². The number of hydrogen-bond acceptors (Lipinski definition) is 9. The van der Waals surface area contributed by atoms with Crippen molar-refractivity contribution in [3.63, 3.8) is 0 Å². The topological polar surface area (TPSA) is 154 Å². The summed E-state index contributed by atoms with van der Waals surface area (Å²) in [6, 6.07) is 3.26. The van der Waals surface area contributed by atoms with E-state index >= 15 is 0 Å². The third-order valence-electron chi connectivity index (χ3n) is 17.4. The highest BCUT2D eigenvalue weighted by molar-refractivity contribution is 5.92. The van der Waals surface area contributed by atoms with E-state index in [0.29, 0.717) is 78.1 Å². The fourth-order valence-electron chi connectivity index (χ4n) is 15.1. The van der Waals surface area contributed by atoms with Crippen molar-refractivity contribution >= 4 is 11.6 Å². The van der Waals surface area contributed by atoms with Crippen molar-refractivity contribution in [2.75, 3.05) is 40.3 Å². The van der Waals surface area contributed by atoms with Crippen LogP contribution in [0, 0.1) is 17.3 Å². The maximum Gasteiger partial charge on any atom is 0.174 e. The maximum atomic E-state index is 13.8. The number of carbonyl (C=O) groups is 2. The number of likely N-dealkylation sites (tertiary alicyclic amines) is 2. The van der Waals surface area contributed by atoms with E-state index in [1.165, 1.54) is 25.7 Å². The number of aliphatic hydroxyl groups is 3.